The molecular weight excluding hydrogens is 1110 g/mol. The van der Waals surface area contributed by atoms with E-state index >= 15 is 0 Å². The zero-order valence-electron chi connectivity index (χ0n) is 58.7. The summed E-state index contributed by atoms with van der Waals surface area (Å²) in [5.74, 6) is 0.320. The summed E-state index contributed by atoms with van der Waals surface area (Å²) in [5, 5.41) is 5.62. The fourth-order valence-electron chi connectivity index (χ4n) is 12.5. The quantitative estimate of drug-likeness (QED) is 0.143. The third-order valence-electron chi connectivity index (χ3n) is 17.7. The minimum atomic E-state index is -1.33. The molecule has 12 rings (SSSR count). The molecule has 0 bridgehead atoms. The van der Waals surface area contributed by atoms with Gasteiger partial charge >= 0.3 is 0 Å². The summed E-state index contributed by atoms with van der Waals surface area (Å²) in [6, 6.07) is 43.9. The smallest absolute Gasteiger partial charge is 0.232 e. The van der Waals surface area contributed by atoms with Crippen molar-refractivity contribution < 1.29 is 29.8 Å². The van der Waals surface area contributed by atoms with Gasteiger partial charge in [0.05, 0.1) is 48.3 Å². The largest absolute Gasteiger partial charge is 0.287 e. The second-order valence-electron chi connectivity index (χ2n) is 25.6. The Balaban J connectivity index is 0.000000146. The molecule has 460 valence electrons. The van der Waals surface area contributed by atoms with E-state index in [2.05, 4.69) is 179 Å². The number of nitrogens with zero attached hydrogens (tertiary/aromatic N) is 7. The molecule has 12 aromatic rings. The Bertz CT molecular complexity index is 4820. The molecule has 0 saturated carbocycles. The number of rotatable bonds is 8. The molecule has 9 heteroatoms. The number of halogens is 2. The Morgan fingerprint density at radius 1 is 0.378 bits per heavy atom. The van der Waals surface area contributed by atoms with Gasteiger partial charge in [-0.1, -0.05) is 93.4 Å². The van der Waals surface area contributed by atoms with E-state index in [0.29, 0.717) is 22.6 Å². The van der Waals surface area contributed by atoms with E-state index in [0.717, 1.165) is 89.3 Å². The Morgan fingerprint density at radius 2 is 0.778 bits per heavy atom. The van der Waals surface area contributed by atoms with Crippen LogP contribution in [0, 0.1) is 107 Å². The number of hydrogen-bond donors (Lipinski definition) is 0. The third kappa shape index (κ3) is 13.8. The van der Waals surface area contributed by atoms with Gasteiger partial charge in [0.1, 0.15) is 35.8 Å². The number of pyridine rings is 1. The van der Waals surface area contributed by atoms with Crippen molar-refractivity contribution in [1.82, 2.24) is 15.0 Å². The maximum absolute atomic E-state index is 14.3. The van der Waals surface area contributed by atoms with Crippen molar-refractivity contribution in [3.05, 3.63) is 242 Å². The van der Waals surface area contributed by atoms with Crippen LogP contribution in [0.2, 0.25) is 0 Å². The van der Waals surface area contributed by atoms with E-state index in [1.807, 2.05) is 146 Å². The zero-order valence-corrected chi connectivity index (χ0v) is 56.7. The predicted molar refractivity (Wildman–Crippen MR) is 369 cm³/mol. The van der Waals surface area contributed by atoms with E-state index in [1.165, 1.54) is 66.8 Å². The SMILES string of the molecule is Cc1cc(-c2c3ccc(CC(C)C)cc3nc[n+]2C)c(C)c(C)c1F.Cc1cc(-c2c3ccccc3nc[n+]2C)c(C)c(C)c1F.Cc1cc(C)c(C)c(-c2c3ccccc3nc[n+]2C)c1.[2H]C([2H])(c1ccc2c(-c3cc(C)cc(C)c3C)[n+](C)ccc2c1)C(C)C. The normalized spacial score (nSPS) is 11.8. The molecule has 0 saturated heterocycles. The maximum atomic E-state index is 14.3. The first-order chi connectivity index (χ1) is 43.5. The fourth-order valence-corrected chi connectivity index (χ4v) is 12.5. The first kappa shape index (κ1) is 62.6. The average Bonchev–Trinajstić information content (AvgIpc) is 0.796. The van der Waals surface area contributed by atoms with Gasteiger partial charge in [0.15, 0.2) is 22.7 Å². The lowest BCUT2D eigenvalue weighted by Gasteiger charge is -2.14. The molecule has 0 fully saturated rings. The molecule has 0 unspecified atom stereocenters. The van der Waals surface area contributed by atoms with Gasteiger partial charge in [-0.3, -0.25) is 0 Å². The van der Waals surface area contributed by atoms with Crippen LogP contribution in [0.5, 0.6) is 0 Å². The van der Waals surface area contributed by atoms with Crippen molar-refractivity contribution in [2.75, 3.05) is 0 Å². The standard InChI is InChI=1S/C23H28N.C22H26FN2.C18H18FN2.C18H19N2/c1-15(2)11-19-7-8-21-20(14-19)9-10-24(6)23(21)22-13-16(3)12-17(4)18(22)5;1-13(2)9-17-7-8-18-20(11-17)24-12-25(6)22(18)19-10-14(3)21(23)16(5)15(19)4;1-11-9-15(12(2)13(3)17(11)19)18-14-7-5-6-8-16(14)20-10-21(18)4;1-12-9-13(2)14(3)16(10-12)18-15-7-5-6-8-17(15)19-11-20(18)4/h7-10,12-15H,11H2,1-6H3;7-8,10-13H,9H2,1-6H3;5-10H,1-4H3;5-11H,1-4H3/q4*+1/i11D2;;;. The number of para-hydroxylation sites is 2. The van der Waals surface area contributed by atoms with E-state index < -0.39 is 6.37 Å². The van der Waals surface area contributed by atoms with Gasteiger partial charge in [0.25, 0.3) is 19.0 Å². The Labute approximate surface area is 536 Å². The minimum absolute atomic E-state index is 0.0686. The van der Waals surface area contributed by atoms with Crippen LogP contribution in [0.3, 0.4) is 0 Å². The fraction of sp³-hybridized carbons (Fsp3) is 0.296. The molecule has 90 heavy (non-hydrogen) atoms. The summed E-state index contributed by atoms with van der Waals surface area (Å²) in [7, 11) is 8.11. The lowest BCUT2D eigenvalue weighted by molar-refractivity contribution is -0.662. The molecule has 0 atom stereocenters. The molecule has 0 aliphatic carbocycles. The van der Waals surface area contributed by atoms with E-state index in [4.69, 9.17) is 2.74 Å². The van der Waals surface area contributed by atoms with Crippen LogP contribution in [0.1, 0.15) is 108 Å². The first-order valence-electron chi connectivity index (χ1n) is 32.4. The monoisotopic (exact) mass is 1200 g/mol. The number of hydrogen-bond acceptors (Lipinski definition) is 3. The summed E-state index contributed by atoms with van der Waals surface area (Å²) in [6.45, 7) is 32.6. The molecule has 7 nitrogen and oxygen atoms in total. The van der Waals surface area contributed by atoms with Gasteiger partial charge in [-0.05, 0) is 262 Å². The zero-order chi connectivity index (χ0) is 66.9. The van der Waals surface area contributed by atoms with Crippen molar-refractivity contribution in [3.63, 3.8) is 0 Å². The van der Waals surface area contributed by atoms with Crippen molar-refractivity contribution in [3.8, 4) is 45.0 Å². The second kappa shape index (κ2) is 27.4. The lowest BCUT2D eigenvalue weighted by Crippen LogP contribution is -2.32. The molecule has 4 heterocycles. The van der Waals surface area contributed by atoms with Gasteiger partial charge in [-0.25, -0.2) is 27.0 Å². The van der Waals surface area contributed by atoms with E-state index in [-0.39, 0.29) is 17.6 Å². The van der Waals surface area contributed by atoms with Gasteiger partial charge in [0, 0.05) is 25.5 Å². The Kier molecular flexibility index (Phi) is 19.1. The summed E-state index contributed by atoms with van der Waals surface area (Å²) in [4.78, 5) is 13.6. The van der Waals surface area contributed by atoms with Gasteiger partial charge < -0.3 is 0 Å². The highest BCUT2D eigenvalue weighted by atomic mass is 19.1. The van der Waals surface area contributed by atoms with Crippen molar-refractivity contribution >= 4 is 43.5 Å². The van der Waals surface area contributed by atoms with Gasteiger partial charge in [0.2, 0.25) is 5.69 Å². The summed E-state index contributed by atoms with van der Waals surface area (Å²) < 4.78 is 53.5. The number of fused-ring (bicyclic) bond motifs is 4. The molecule has 0 aliphatic heterocycles. The van der Waals surface area contributed by atoms with Crippen LogP contribution >= 0.6 is 0 Å². The number of aromatic nitrogens is 7. The van der Waals surface area contributed by atoms with Gasteiger partial charge in [-0.15, -0.1) is 0 Å². The van der Waals surface area contributed by atoms with Crippen molar-refractivity contribution in [2.24, 2.45) is 40.0 Å². The van der Waals surface area contributed by atoms with E-state index in [1.54, 1.807) is 0 Å². The molecule has 0 radical (unpaired) electrons. The molecule has 0 amide bonds. The highest BCUT2D eigenvalue weighted by Gasteiger charge is 2.24. The predicted octanol–water partition coefficient (Wildman–Crippen LogP) is 17.9. The summed E-state index contributed by atoms with van der Waals surface area (Å²) in [6.07, 6.45) is 7.34. The van der Waals surface area contributed by atoms with Crippen molar-refractivity contribution in [1.29, 1.82) is 0 Å². The molecule has 0 spiro atoms. The minimum Gasteiger partial charge on any atom is -0.232 e. The number of aryl methyl sites for hydroxylation is 10. The molecule has 0 aliphatic rings. The topological polar surface area (TPSA) is 54.2 Å². The Hall–Kier alpha value is -8.95. The van der Waals surface area contributed by atoms with Crippen LogP contribution in [0.25, 0.3) is 88.5 Å². The summed E-state index contributed by atoms with van der Waals surface area (Å²) in [5.41, 5.74) is 26.8. The van der Waals surface area contributed by atoms with Crippen LogP contribution in [-0.4, -0.2) is 15.0 Å². The summed E-state index contributed by atoms with van der Waals surface area (Å²) >= 11 is 0. The molecule has 0 N–H and O–H groups in total. The molecule has 8 aromatic carbocycles. The Morgan fingerprint density at radius 3 is 1.23 bits per heavy atom. The maximum Gasteiger partial charge on any atom is 0.287 e. The van der Waals surface area contributed by atoms with Crippen LogP contribution in [0.15, 0.2) is 153 Å². The van der Waals surface area contributed by atoms with Crippen LogP contribution < -0.4 is 18.3 Å². The molecular formula is C81H91F2N7+4. The van der Waals surface area contributed by atoms with Crippen LogP contribution in [-0.2, 0) is 41.0 Å². The average molecular weight is 1200 g/mol. The van der Waals surface area contributed by atoms with Gasteiger partial charge in [-0.2, -0.15) is 0 Å². The first-order valence-corrected chi connectivity index (χ1v) is 31.4. The third-order valence-corrected chi connectivity index (χ3v) is 17.7. The molecule has 4 aromatic heterocycles. The lowest BCUT2D eigenvalue weighted by atomic mass is 9.93. The highest BCUT2D eigenvalue weighted by molar-refractivity contribution is 5.96. The van der Waals surface area contributed by atoms with E-state index in [9.17, 15) is 8.78 Å². The second-order valence-corrected chi connectivity index (χ2v) is 25.6. The van der Waals surface area contributed by atoms with Crippen molar-refractivity contribution in [2.45, 2.75) is 124 Å². The number of benzene rings is 8. The van der Waals surface area contributed by atoms with Crippen LogP contribution in [0.4, 0.5) is 8.78 Å². The highest BCUT2D eigenvalue weighted by Crippen LogP contribution is 2.36.